The van der Waals surface area contributed by atoms with E-state index in [1.54, 1.807) is 6.92 Å². The molecule has 0 aromatic carbocycles. The molecule has 3 N–H and O–H groups in total. The maximum atomic E-state index is 11.7. The maximum absolute atomic E-state index is 11.7. The van der Waals surface area contributed by atoms with E-state index in [2.05, 4.69) is 0 Å². The Morgan fingerprint density at radius 1 is 1.12 bits per heavy atom. The molecule has 0 bridgehead atoms. The van der Waals surface area contributed by atoms with Gasteiger partial charge in [-0.15, -0.1) is 0 Å². The molecule has 0 saturated carbocycles. The summed E-state index contributed by atoms with van der Waals surface area (Å²) in [6, 6.07) is 0. The van der Waals surface area contributed by atoms with Gasteiger partial charge < -0.3 is 20.1 Å². The lowest BCUT2D eigenvalue weighted by atomic mass is 10.0. The highest BCUT2D eigenvalue weighted by Crippen LogP contribution is 2.15. The molecular weight excluding hydrogens is 224 g/mol. The maximum Gasteiger partial charge on any atom is 0.309 e. The molecule has 0 aliphatic carbocycles. The minimum Gasteiger partial charge on any atom is -0.459 e. The molecule has 0 aromatic heterocycles. The van der Waals surface area contributed by atoms with Crippen molar-refractivity contribution in [1.29, 1.82) is 0 Å². The highest BCUT2D eigenvalue weighted by Gasteiger charge is 2.29. The van der Waals surface area contributed by atoms with Crippen LogP contribution in [0.2, 0.25) is 0 Å². The van der Waals surface area contributed by atoms with Crippen LogP contribution in [0.4, 0.5) is 0 Å². The summed E-state index contributed by atoms with van der Waals surface area (Å²) >= 11 is 0. The third-order valence-corrected chi connectivity index (χ3v) is 2.95. The van der Waals surface area contributed by atoms with Crippen LogP contribution in [0.1, 0.15) is 40.0 Å². The minimum absolute atomic E-state index is 0.178. The summed E-state index contributed by atoms with van der Waals surface area (Å²) in [6.45, 7) is 4.99. The Bertz CT molecular complexity index is 215. The Labute approximate surface area is 102 Å². The van der Waals surface area contributed by atoms with E-state index in [0.717, 1.165) is 0 Å². The monoisotopic (exact) mass is 248 g/mol. The molecule has 0 aromatic rings. The number of rotatable bonds is 8. The van der Waals surface area contributed by atoms with E-state index < -0.39 is 24.9 Å². The average molecular weight is 248 g/mol. The van der Waals surface area contributed by atoms with Crippen molar-refractivity contribution < 1.29 is 24.9 Å². The molecule has 0 aliphatic rings. The number of carbonyl (C=O) groups excluding carboxylic acids is 1. The fraction of sp³-hybridized carbons (Fsp3) is 0.917. The summed E-state index contributed by atoms with van der Waals surface area (Å²) in [4.78, 5) is 11.7. The van der Waals surface area contributed by atoms with Gasteiger partial charge in [-0.3, -0.25) is 4.79 Å². The number of aliphatic hydroxyl groups is 3. The van der Waals surface area contributed by atoms with Crippen LogP contribution in [-0.4, -0.2) is 46.2 Å². The van der Waals surface area contributed by atoms with E-state index in [4.69, 9.17) is 9.84 Å². The van der Waals surface area contributed by atoms with Crippen molar-refractivity contribution >= 4 is 5.97 Å². The van der Waals surface area contributed by atoms with Gasteiger partial charge in [-0.2, -0.15) is 0 Å². The van der Waals surface area contributed by atoms with Crippen LogP contribution < -0.4 is 0 Å². The molecule has 0 heterocycles. The Morgan fingerprint density at radius 3 is 2.00 bits per heavy atom. The van der Waals surface area contributed by atoms with Gasteiger partial charge in [-0.05, 0) is 19.3 Å². The second-order valence-electron chi connectivity index (χ2n) is 4.14. The molecule has 3 atom stereocenters. The standard InChI is InChI=1S/C12H24O5/c1-4-8(5-2)12(16)17-10(6-3)11(15)9(14)7-13/h8-11,13-15H,4-7H2,1-3H3. The highest BCUT2D eigenvalue weighted by atomic mass is 16.6. The SMILES string of the molecule is CCC(CC)C(=O)OC(CC)C(O)C(O)CO. The fourth-order valence-electron chi connectivity index (χ4n) is 1.62. The van der Waals surface area contributed by atoms with Gasteiger partial charge in [0.05, 0.1) is 12.5 Å². The molecule has 3 unspecified atom stereocenters. The number of hydrogen-bond acceptors (Lipinski definition) is 5. The smallest absolute Gasteiger partial charge is 0.309 e. The molecule has 0 spiro atoms. The van der Waals surface area contributed by atoms with Crippen LogP contribution in [0.15, 0.2) is 0 Å². The van der Waals surface area contributed by atoms with Crippen molar-refractivity contribution in [2.24, 2.45) is 5.92 Å². The van der Waals surface area contributed by atoms with Crippen LogP contribution in [0.5, 0.6) is 0 Å². The second-order valence-corrected chi connectivity index (χ2v) is 4.14. The van der Waals surface area contributed by atoms with Gasteiger partial charge >= 0.3 is 5.97 Å². The predicted molar refractivity (Wildman–Crippen MR) is 63.3 cm³/mol. The fourth-order valence-corrected chi connectivity index (χ4v) is 1.62. The molecule has 0 aliphatic heterocycles. The first-order valence-electron chi connectivity index (χ1n) is 6.19. The summed E-state index contributed by atoms with van der Waals surface area (Å²) in [5, 5.41) is 27.7. The van der Waals surface area contributed by atoms with Crippen LogP contribution in [0, 0.1) is 5.92 Å². The summed E-state index contributed by atoms with van der Waals surface area (Å²) in [6.07, 6.45) is -1.54. The topological polar surface area (TPSA) is 87.0 Å². The molecule has 0 amide bonds. The van der Waals surface area contributed by atoms with E-state index >= 15 is 0 Å². The zero-order valence-electron chi connectivity index (χ0n) is 10.8. The summed E-state index contributed by atoms with van der Waals surface area (Å²) in [5.41, 5.74) is 0. The molecule has 17 heavy (non-hydrogen) atoms. The molecule has 0 rings (SSSR count). The van der Waals surface area contributed by atoms with Crippen molar-refractivity contribution in [1.82, 2.24) is 0 Å². The third-order valence-electron chi connectivity index (χ3n) is 2.95. The van der Waals surface area contributed by atoms with Crippen LogP contribution in [-0.2, 0) is 9.53 Å². The minimum atomic E-state index is -1.28. The van der Waals surface area contributed by atoms with Crippen molar-refractivity contribution in [2.45, 2.75) is 58.3 Å². The molecule has 5 heteroatoms. The lowest BCUT2D eigenvalue weighted by molar-refractivity contribution is -0.166. The first-order chi connectivity index (χ1) is 8.01. The zero-order chi connectivity index (χ0) is 13.4. The van der Waals surface area contributed by atoms with Crippen LogP contribution in [0.25, 0.3) is 0 Å². The predicted octanol–water partition coefficient (Wildman–Crippen LogP) is 0.458. The number of hydrogen-bond donors (Lipinski definition) is 3. The molecule has 0 fully saturated rings. The van der Waals surface area contributed by atoms with E-state index in [0.29, 0.717) is 19.3 Å². The number of carbonyl (C=O) groups is 1. The van der Waals surface area contributed by atoms with E-state index in [1.807, 2.05) is 13.8 Å². The molecule has 0 radical (unpaired) electrons. The second kappa shape index (κ2) is 8.44. The van der Waals surface area contributed by atoms with Gasteiger partial charge in [-0.1, -0.05) is 20.8 Å². The molecule has 0 saturated heterocycles. The van der Waals surface area contributed by atoms with E-state index in [1.165, 1.54) is 0 Å². The molecule has 102 valence electrons. The Balaban J connectivity index is 4.43. The van der Waals surface area contributed by atoms with Crippen molar-refractivity contribution in [2.75, 3.05) is 6.61 Å². The Hall–Kier alpha value is -0.650. The summed E-state index contributed by atoms with van der Waals surface area (Å²) in [7, 11) is 0. The van der Waals surface area contributed by atoms with Gasteiger partial charge in [0.25, 0.3) is 0 Å². The lowest BCUT2D eigenvalue weighted by Gasteiger charge is -2.26. The number of aliphatic hydroxyl groups excluding tert-OH is 3. The van der Waals surface area contributed by atoms with E-state index in [-0.39, 0.29) is 11.9 Å². The normalized spacial score (nSPS) is 16.6. The first kappa shape index (κ1) is 16.4. The molecular formula is C12H24O5. The van der Waals surface area contributed by atoms with Crippen molar-refractivity contribution in [3.63, 3.8) is 0 Å². The Kier molecular flexibility index (Phi) is 8.12. The van der Waals surface area contributed by atoms with Crippen molar-refractivity contribution in [3.05, 3.63) is 0 Å². The van der Waals surface area contributed by atoms with Crippen molar-refractivity contribution in [3.8, 4) is 0 Å². The number of esters is 1. The average Bonchev–Trinajstić information content (AvgIpc) is 2.35. The molecule has 5 nitrogen and oxygen atoms in total. The van der Waals surface area contributed by atoms with Gasteiger partial charge in [0.2, 0.25) is 0 Å². The van der Waals surface area contributed by atoms with Crippen LogP contribution >= 0.6 is 0 Å². The zero-order valence-corrected chi connectivity index (χ0v) is 10.8. The van der Waals surface area contributed by atoms with Gasteiger partial charge in [0, 0.05) is 0 Å². The van der Waals surface area contributed by atoms with Gasteiger partial charge in [-0.25, -0.2) is 0 Å². The first-order valence-corrected chi connectivity index (χ1v) is 6.19. The summed E-state index contributed by atoms with van der Waals surface area (Å²) in [5.74, 6) is -0.534. The van der Waals surface area contributed by atoms with Gasteiger partial charge in [0.15, 0.2) is 0 Å². The van der Waals surface area contributed by atoms with Crippen LogP contribution in [0.3, 0.4) is 0 Å². The third kappa shape index (κ3) is 5.02. The lowest BCUT2D eigenvalue weighted by Crippen LogP contribution is -2.42. The quantitative estimate of drug-likeness (QED) is 0.543. The largest absolute Gasteiger partial charge is 0.459 e. The van der Waals surface area contributed by atoms with Gasteiger partial charge in [0.1, 0.15) is 18.3 Å². The number of ether oxygens (including phenoxy) is 1. The van der Waals surface area contributed by atoms with E-state index in [9.17, 15) is 15.0 Å². The summed E-state index contributed by atoms with van der Waals surface area (Å²) < 4.78 is 5.17. The Morgan fingerprint density at radius 2 is 1.65 bits per heavy atom. The highest BCUT2D eigenvalue weighted by molar-refractivity contribution is 5.72.